The Kier molecular flexibility index (Phi) is 3.74. The second-order valence-electron chi connectivity index (χ2n) is 4.16. The first kappa shape index (κ1) is 14.0. The van der Waals surface area contributed by atoms with E-state index in [0.717, 1.165) is 12.1 Å². The monoisotopic (exact) mass is 280 g/mol. The van der Waals surface area contributed by atoms with Crippen LogP contribution in [-0.2, 0) is 6.18 Å². The van der Waals surface area contributed by atoms with E-state index in [1.165, 1.54) is 18.2 Å². The summed E-state index contributed by atoms with van der Waals surface area (Å²) in [7, 11) is 0. The van der Waals surface area contributed by atoms with Gasteiger partial charge in [0.25, 0.3) is 5.91 Å². The molecule has 1 N–H and O–H groups in total. The number of amides is 1. The maximum Gasteiger partial charge on any atom is 0.417 e. The summed E-state index contributed by atoms with van der Waals surface area (Å²) in [6.45, 7) is 1.72. The molecule has 0 bridgehead atoms. The fraction of sp³-hybridized carbons (Fsp3) is 0.143. The summed E-state index contributed by atoms with van der Waals surface area (Å²) in [6, 6.07) is 9.53. The van der Waals surface area contributed by atoms with Gasteiger partial charge in [0.15, 0.2) is 0 Å². The molecule has 1 aromatic carbocycles. The van der Waals surface area contributed by atoms with Gasteiger partial charge in [-0.05, 0) is 31.2 Å². The van der Waals surface area contributed by atoms with Crippen LogP contribution in [0, 0.1) is 6.92 Å². The maximum atomic E-state index is 12.8. The number of pyridine rings is 1. The Labute approximate surface area is 113 Å². The second-order valence-corrected chi connectivity index (χ2v) is 4.16. The second kappa shape index (κ2) is 5.32. The molecule has 2 aromatic rings. The van der Waals surface area contributed by atoms with Crippen molar-refractivity contribution in [3.05, 3.63) is 59.3 Å². The zero-order valence-electron chi connectivity index (χ0n) is 10.5. The van der Waals surface area contributed by atoms with Crippen LogP contribution in [0.1, 0.15) is 21.6 Å². The van der Waals surface area contributed by atoms with Crippen LogP contribution in [0.25, 0.3) is 0 Å². The topological polar surface area (TPSA) is 42.0 Å². The number of hydrogen-bond acceptors (Lipinski definition) is 2. The first-order valence-corrected chi connectivity index (χ1v) is 5.79. The predicted octanol–water partition coefficient (Wildman–Crippen LogP) is 3.66. The van der Waals surface area contributed by atoms with E-state index in [-0.39, 0.29) is 5.82 Å². The number of aryl methyl sites for hydroxylation is 1. The molecule has 0 aliphatic rings. The molecule has 20 heavy (non-hydrogen) atoms. The molecule has 0 fully saturated rings. The summed E-state index contributed by atoms with van der Waals surface area (Å²) in [5.74, 6) is -0.622. The Hall–Kier alpha value is -2.37. The molecule has 0 spiro atoms. The highest BCUT2D eigenvalue weighted by Gasteiger charge is 2.34. The van der Waals surface area contributed by atoms with E-state index >= 15 is 0 Å². The Bertz CT molecular complexity index is 638. The highest BCUT2D eigenvalue weighted by Crippen LogP contribution is 2.32. The van der Waals surface area contributed by atoms with Crippen molar-refractivity contribution in [3.63, 3.8) is 0 Å². The van der Waals surface area contributed by atoms with Gasteiger partial charge in [-0.25, -0.2) is 4.98 Å². The average molecular weight is 280 g/mol. The van der Waals surface area contributed by atoms with Gasteiger partial charge in [0, 0.05) is 5.69 Å². The predicted molar refractivity (Wildman–Crippen MR) is 68.4 cm³/mol. The number of rotatable bonds is 2. The third-order valence-electron chi connectivity index (χ3n) is 2.61. The third kappa shape index (κ3) is 3.14. The van der Waals surface area contributed by atoms with E-state index in [1.807, 2.05) is 0 Å². The van der Waals surface area contributed by atoms with Gasteiger partial charge in [-0.2, -0.15) is 13.2 Å². The first-order chi connectivity index (χ1) is 9.38. The van der Waals surface area contributed by atoms with Crippen molar-refractivity contribution in [3.8, 4) is 0 Å². The van der Waals surface area contributed by atoms with Crippen molar-refractivity contribution in [2.24, 2.45) is 0 Å². The zero-order valence-corrected chi connectivity index (χ0v) is 10.5. The number of benzene rings is 1. The molecule has 1 aromatic heterocycles. The van der Waals surface area contributed by atoms with Gasteiger partial charge in [-0.3, -0.25) is 4.79 Å². The summed E-state index contributed by atoms with van der Waals surface area (Å²) >= 11 is 0. The minimum Gasteiger partial charge on any atom is -0.307 e. The van der Waals surface area contributed by atoms with Gasteiger partial charge in [0.05, 0.1) is 11.1 Å². The van der Waals surface area contributed by atoms with Crippen LogP contribution in [0.2, 0.25) is 0 Å². The number of alkyl halides is 3. The maximum absolute atomic E-state index is 12.8. The highest BCUT2D eigenvalue weighted by atomic mass is 19.4. The fourth-order valence-corrected chi connectivity index (χ4v) is 1.72. The lowest BCUT2D eigenvalue weighted by atomic mass is 10.1. The van der Waals surface area contributed by atoms with Crippen LogP contribution in [0.15, 0.2) is 42.5 Å². The lowest BCUT2D eigenvalue weighted by Gasteiger charge is -2.12. The molecule has 1 heterocycles. The Morgan fingerprint density at radius 3 is 2.45 bits per heavy atom. The average Bonchev–Trinajstić information content (AvgIpc) is 2.37. The standard InChI is InChI=1S/C14H11F3N2O/c1-9-5-4-8-12(18-9)19-13(20)10-6-2-3-7-11(10)14(15,16)17/h2-8H,1H3,(H,18,19,20). The van der Waals surface area contributed by atoms with Crippen molar-refractivity contribution in [2.75, 3.05) is 5.32 Å². The van der Waals surface area contributed by atoms with Crippen LogP contribution in [0.5, 0.6) is 0 Å². The third-order valence-corrected chi connectivity index (χ3v) is 2.61. The van der Waals surface area contributed by atoms with Crippen molar-refractivity contribution < 1.29 is 18.0 Å². The molecular weight excluding hydrogens is 269 g/mol. The molecule has 2 rings (SSSR count). The summed E-state index contributed by atoms with van der Waals surface area (Å²) in [6.07, 6.45) is -4.58. The number of halogens is 3. The van der Waals surface area contributed by atoms with Gasteiger partial charge in [0.1, 0.15) is 5.82 Å². The van der Waals surface area contributed by atoms with E-state index in [1.54, 1.807) is 19.1 Å². The Morgan fingerprint density at radius 2 is 1.80 bits per heavy atom. The SMILES string of the molecule is Cc1cccc(NC(=O)c2ccccc2C(F)(F)F)n1. The molecule has 0 aliphatic carbocycles. The molecule has 104 valence electrons. The van der Waals surface area contributed by atoms with Gasteiger partial charge in [0.2, 0.25) is 0 Å². The number of nitrogens with one attached hydrogen (secondary N) is 1. The molecule has 0 saturated carbocycles. The van der Waals surface area contributed by atoms with Crippen molar-refractivity contribution in [2.45, 2.75) is 13.1 Å². The summed E-state index contributed by atoms with van der Waals surface area (Å²) < 4.78 is 38.4. The Balaban J connectivity index is 2.31. The first-order valence-electron chi connectivity index (χ1n) is 5.79. The molecule has 0 saturated heterocycles. The van der Waals surface area contributed by atoms with Crippen molar-refractivity contribution in [1.82, 2.24) is 4.98 Å². The van der Waals surface area contributed by atoms with E-state index < -0.39 is 23.2 Å². The number of aromatic nitrogens is 1. The number of carbonyl (C=O) groups excluding carboxylic acids is 1. The van der Waals surface area contributed by atoms with E-state index in [9.17, 15) is 18.0 Å². The minimum absolute atomic E-state index is 0.215. The highest BCUT2D eigenvalue weighted by molar-refractivity contribution is 6.04. The summed E-state index contributed by atoms with van der Waals surface area (Å²) in [5.41, 5.74) is -0.736. The van der Waals surface area contributed by atoms with Crippen LogP contribution in [-0.4, -0.2) is 10.9 Å². The molecule has 0 unspecified atom stereocenters. The van der Waals surface area contributed by atoms with Crippen LogP contribution >= 0.6 is 0 Å². The fourth-order valence-electron chi connectivity index (χ4n) is 1.72. The molecule has 1 amide bonds. The lowest BCUT2D eigenvalue weighted by molar-refractivity contribution is -0.137. The molecule has 6 heteroatoms. The number of anilines is 1. The van der Waals surface area contributed by atoms with E-state index in [2.05, 4.69) is 10.3 Å². The van der Waals surface area contributed by atoms with Crippen molar-refractivity contribution in [1.29, 1.82) is 0 Å². The quantitative estimate of drug-likeness (QED) is 0.912. The van der Waals surface area contributed by atoms with E-state index in [4.69, 9.17) is 0 Å². The van der Waals surface area contributed by atoms with Crippen LogP contribution < -0.4 is 5.32 Å². The van der Waals surface area contributed by atoms with Crippen molar-refractivity contribution >= 4 is 11.7 Å². The molecule has 0 radical (unpaired) electrons. The largest absolute Gasteiger partial charge is 0.417 e. The molecule has 0 atom stereocenters. The number of hydrogen-bond donors (Lipinski definition) is 1. The number of nitrogens with zero attached hydrogens (tertiary/aromatic N) is 1. The summed E-state index contributed by atoms with van der Waals surface area (Å²) in [4.78, 5) is 16.0. The zero-order chi connectivity index (χ0) is 14.8. The molecule has 3 nitrogen and oxygen atoms in total. The molecule has 0 aliphatic heterocycles. The van der Waals surface area contributed by atoms with Crippen LogP contribution in [0.3, 0.4) is 0 Å². The van der Waals surface area contributed by atoms with Gasteiger partial charge < -0.3 is 5.32 Å². The molecular formula is C14H11F3N2O. The summed E-state index contributed by atoms with van der Waals surface area (Å²) in [5, 5.41) is 2.36. The van der Waals surface area contributed by atoms with Crippen LogP contribution in [0.4, 0.5) is 19.0 Å². The van der Waals surface area contributed by atoms with Gasteiger partial charge in [-0.1, -0.05) is 18.2 Å². The minimum atomic E-state index is -4.58. The Morgan fingerprint density at radius 1 is 1.10 bits per heavy atom. The normalized spacial score (nSPS) is 11.2. The van der Waals surface area contributed by atoms with Gasteiger partial charge in [-0.15, -0.1) is 0 Å². The number of carbonyl (C=O) groups is 1. The lowest BCUT2D eigenvalue weighted by Crippen LogP contribution is -2.19. The smallest absolute Gasteiger partial charge is 0.307 e. The van der Waals surface area contributed by atoms with E-state index in [0.29, 0.717) is 5.69 Å². The van der Waals surface area contributed by atoms with Gasteiger partial charge >= 0.3 is 6.18 Å².